The summed E-state index contributed by atoms with van der Waals surface area (Å²) in [6.45, 7) is 3.39. The number of H-pyrrole nitrogens is 1. The average molecular weight is 289 g/mol. The monoisotopic (exact) mass is 289 g/mol. The number of aromatic nitrogens is 2. The van der Waals surface area contributed by atoms with Crippen molar-refractivity contribution in [1.29, 1.82) is 0 Å². The maximum absolute atomic E-state index is 5.42. The number of imidazole rings is 1. The van der Waals surface area contributed by atoms with Gasteiger partial charge in [0.15, 0.2) is 11.5 Å². The molecule has 1 aliphatic rings. The number of rotatable bonds is 7. The first-order valence-electron chi connectivity index (χ1n) is 6.93. The van der Waals surface area contributed by atoms with Crippen molar-refractivity contribution in [3.05, 3.63) is 42.0 Å². The van der Waals surface area contributed by atoms with E-state index >= 15 is 0 Å². The average Bonchev–Trinajstić information content (AvgIpc) is 3.15. The molecule has 6 heteroatoms. The molecule has 112 valence electrons. The minimum absolute atomic E-state index is 0.304. The van der Waals surface area contributed by atoms with E-state index in [2.05, 4.69) is 20.9 Å². The fourth-order valence-electron chi connectivity index (χ4n) is 2.33. The van der Waals surface area contributed by atoms with Crippen LogP contribution < -0.4 is 9.47 Å². The zero-order chi connectivity index (χ0) is 14.5. The second-order valence-electron chi connectivity index (χ2n) is 4.93. The highest BCUT2D eigenvalue weighted by atomic mass is 16.7. The van der Waals surface area contributed by atoms with E-state index in [1.54, 1.807) is 13.3 Å². The maximum Gasteiger partial charge on any atom is 0.231 e. The number of benzene rings is 1. The van der Waals surface area contributed by atoms with Crippen LogP contribution >= 0.6 is 0 Å². The van der Waals surface area contributed by atoms with Gasteiger partial charge in [0.1, 0.15) is 5.82 Å². The van der Waals surface area contributed by atoms with Crippen molar-refractivity contribution in [2.45, 2.75) is 13.1 Å². The summed E-state index contributed by atoms with van der Waals surface area (Å²) < 4.78 is 15.9. The number of fused-ring (bicyclic) bond motifs is 1. The molecule has 21 heavy (non-hydrogen) atoms. The van der Waals surface area contributed by atoms with Gasteiger partial charge in [-0.15, -0.1) is 0 Å². The van der Waals surface area contributed by atoms with Crippen molar-refractivity contribution in [2.75, 3.05) is 27.1 Å². The first-order valence-corrected chi connectivity index (χ1v) is 6.93. The van der Waals surface area contributed by atoms with E-state index in [1.807, 2.05) is 18.3 Å². The first-order chi connectivity index (χ1) is 10.3. The molecule has 0 saturated heterocycles. The fraction of sp³-hybridized carbons (Fsp3) is 0.400. The number of aromatic amines is 1. The van der Waals surface area contributed by atoms with Gasteiger partial charge in [0, 0.05) is 32.6 Å². The topological polar surface area (TPSA) is 59.6 Å². The van der Waals surface area contributed by atoms with Gasteiger partial charge in [0.2, 0.25) is 6.79 Å². The Morgan fingerprint density at radius 3 is 3.00 bits per heavy atom. The van der Waals surface area contributed by atoms with Crippen LogP contribution in [-0.4, -0.2) is 41.9 Å². The number of methoxy groups -OCH3 is 1. The molecule has 0 spiro atoms. The summed E-state index contributed by atoms with van der Waals surface area (Å²) in [7, 11) is 1.71. The van der Waals surface area contributed by atoms with Crippen LogP contribution in [0.15, 0.2) is 30.6 Å². The second kappa shape index (κ2) is 6.60. The predicted octanol–water partition coefficient (Wildman–Crippen LogP) is 1.79. The van der Waals surface area contributed by atoms with E-state index in [1.165, 1.54) is 5.56 Å². The molecule has 0 amide bonds. The summed E-state index contributed by atoms with van der Waals surface area (Å²) in [5.74, 6) is 2.58. The third-order valence-electron chi connectivity index (χ3n) is 3.38. The van der Waals surface area contributed by atoms with Crippen LogP contribution in [0.3, 0.4) is 0 Å². The Labute approximate surface area is 123 Å². The Morgan fingerprint density at radius 1 is 1.29 bits per heavy atom. The van der Waals surface area contributed by atoms with Gasteiger partial charge in [-0.05, 0) is 17.7 Å². The summed E-state index contributed by atoms with van der Waals surface area (Å²) in [4.78, 5) is 9.69. The van der Waals surface area contributed by atoms with Crippen molar-refractivity contribution in [3.8, 4) is 11.5 Å². The van der Waals surface area contributed by atoms with Gasteiger partial charge in [-0.25, -0.2) is 4.98 Å². The van der Waals surface area contributed by atoms with E-state index in [9.17, 15) is 0 Å². The third kappa shape index (κ3) is 3.53. The minimum atomic E-state index is 0.304. The molecule has 0 bridgehead atoms. The Bertz CT molecular complexity index is 572. The van der Waals surface area contributed by atoms with Crippen LogP contribution in [-0.2, 0) is 17.8 Å². The summed E-state index contributed by atoms with van der Waals surface area (Å²) in [5, 5.41) is 0. The van der Waals surface area contributed by atoms with Crippen molar-refractivity contribution in [1.82, 2.24) is 14.9 Å². The third-order valence-corrected chi connectivity index (χ3v) is 3.38. The maximum atomic E-state index is 5.42. The van der Waals surface area contributed by atoms with Crippen molar-refractivity contribution in [3.63, 3.8) is 0 Å². The lowest BCUT2D eigenvalue weighted by molar-refractivity contribution is 0.138. The molecule has 0 fully saturated rings. The number of ether oxygens (including phenoxy) is 3. The van der Waals surface area contributed by atoms with Gasteiger partial charge >= 0.3 is 0 Å². The molecule has 0 atom stereocenters. The SMILES string of the molecule is COCCN(Cc1ccc2c(c1)OCO2)Cc1ncc[nH]1. The molecule has 2 aromatic rings. The predicted molar refractivity (Wildman–Crippen MR) is 77.1 cm³/mol. The van der Waals surface area contributed by atoms with Gasteiger partial charge in [0.05, 0.1) is 13.2 Å². The number of hydrogen-bond acceptors (Lipinski definition) is 5. The van der Waals surface area contributed by atoms with Crippen LogP contribution in [0.4, 0.5) is 0 Å². The highest BCUT2D eigenvalue weighted by molar-refractivity contribution is 5.44. The standard InChI is InChI=1S/C15H19N3O3/c1-19-7-6-18(10-15-16-4-5-17-15)9-12-2-3-13-14(8-12)21-11-20-13/h2-5,8H,6-7,9-11H2,1H3,(H,16,17). The van der Waals surface area contributed by atoms with Crippen LogP contribution in [0.1, 0.15) is 11.4 Å². The molecule has 2 heterocycles. The quantitative estimate of drug-likeness (QED) is 0.842. The molecule has 1 aromatic heterocycles. The largest absolute Gasteiger partial charge is 0.454 e. The van der Waals surface area contributed by atoms with Crippen LogP contribution in [0, 0.1) is 0 Å². The van der Waals surface area contributed by atoms with Crippen molar-refractivity contribution in [2.24, 2.45) is 0 Å². The lowest BCUT2D eigenvalue weighted by Gasteiger charge is -2.21. The Balaban J connectivity index is 1.68. The van der Waals surface area contributed by atoms with Crippen LogP contribution in [0.5, 0.6) is 11.5 Å². The molecule has 0 aliphatic carbocycles. The number of hydrogen-bond donors (Lipinski definition) is 1. The molecule has 0 radical (unpaired) electrons. The van der Waals surface area contributed by atoms with E-state index in [4.69, 9.17) is 14.2 Å². The zero-order valence-electron chi connectivity index (χ0n) is 12.0. The Morgan fingerprint density at radius 2 is 2.19 bits per heavy atom. The lowest BCUT2D eigenvalue weighted by atomic mass is 10.2. The molecule has 1 aliphatic heterocycles. The molecule has 0 unspecified atom stereocenters. The van der Waals surface area contributed by atoms with E-state index in [0.717, 1.165) is 37.0 Å². The van der Waals surface area contributed by atoms with E-state index in [-0.39, 0.29) is 0 Å². The Hall–Kier alpha value is -2.05. The fourth-order valence-corrected chi connectivity index (χ4v) is 2.33. The molecular weight excluding hydrogens is 270 g/mol. The summed E-state index contributed by atoms with van der Waals surface area (Å²) in [6, 6.07) is 6.05. The van der Waals surface area contributed by atoms with Gasteiger partial charge in [0.25, 0.3) is 0 Å². The van der Waals surface area contributed by atoms with E-state index in [0.29, 0.717) is 13.4 Å². The van der Waals surface area contributed by atoms with Gasteiger partial charge in [-0.2, -0.15) is 0 Å². The van der Waals surface area contributed by atoms with Crippen molar-refractivity contribution < 1.29 is 14.2 Å². The molecule has 3 rings (SSSR count). The number of nitrogens with one attached hydrogen (secondary N) is 1. The zero-order valence-corrected chi connectivity index (χ0v) is 12.0. The molecule has 0 saturated carbocycles. The summed E-state index contributed by atoms with van der Waals surface area (Å²) >= 11 is 0. The minimum Gasteiger partial charge on any atom is -0.454 e. The van der Waals surface area contributed by atoms with Gasteiger partial charge in [-0.3, -0.25) is 4.90 Å². The Kier molecular flexibility index (Phi) is 4.37. The normalized spacial score (nSPS) is 13.0. The molecular formula is C15H19N3O3. The highest BCUT2D eigenvalue weighted by Gasteiger charge is 2.15. The smallest absolute Gasteiger partial charge is 0.231 e. The van der Waals surface area contributed by atoms with Crippen LogP contribution in [0.2, 0.25) is 0 Å². The number of nitrogens with zero attached hydrogens (tertiary/aromatic N) is 2. The van der Waals surface area contributed by atoms with Crippen molar-refractivity contribution >= 4 is 0 Å². The van der Waals surface area contributed by atoms with Gasteiger partial charge in [-0.1, -0.05) is 6.07 Å². The lowest BCUT2D eigenvalue weighted by Crippen LogP contribution is -2.27. The van der Waals surface area contributed by atoms with Crippen LogP contribution in [0.25, 0.3) is 0 Å². The summed E-state index contributed by atoms with van der Waals surface area (Å²) in [5.41, 5.74) is 1.18. The highest BCUT2D eigenvalue weighted by Crippen LogP contribution is 2.32. The second-order valence-corrected chi connectivity index (χ2v) is 4.93. The first kappa shape index (κ1) is 13.9. The molecule has 6 nitrogen and oxygen atoms in total. The molecule has 1 N–H and O–H groups in total. The van der Waals surface area contributed by atoms with E-state index < -0.39 is 0 Å². The molecule has 1 aromatic carbocycles. The summed E-state index contributed by atoms with van der Waals surface area (Å²) in [6.07, 6.45) is 3.61. The van der Waals surface area contributed by atoms with Gasteiger partial charge < -0.3 is 19.2 Å².